The summed E-state index contributed by atoms with van der Waals surface area (Å²) in [4.78, 5) is 10.4. The van der Waals surface area contributed by atoms with Gasteiger partial charge in [0.15, 0.2) is 0 Å². The Morgan fingerprint density at radius 2 is 1.88 bits per heavy atom. The number of benzene rings is 2. The third kappa shape index (κ3) is 3.55. The molecule has 1 saturated heterocycles. The second kappa shape index (κ2) is 8.23. The van der Waals surface area contributed by atoms with Crippen molar-refractivity contribution in [2.45, 2.75) is 31.5 Å². The van der Waals surface area contributed by atoms with Crippen LogP contribution in [0.15, 0.2) is 52.4 Å². The standard InChI is InChI=1S/C24H28N4O4S/c1-15-13-25-24(26-15)33(30,31)28-11-10-19-22(14-29)27(2)21-9-6-17(12-20(21)23(19)28)16-4-7-18(32-3)8-5-16/h4-9,12-13,15,19,22-23,29H,10-11,14H2,1-3H3/t15?,19-,22-,23-/m0/s1. The molecule has 4 atom stereocenters. The Labute approximate surface area is 194 Å². The summed E-state index contributed by atoms with van der Waals surface area (Å²) in [7, 11) is -0.251. The van der Waals surface area contributed by atoms with Gasteiger partial charge in [-0.05, 0) is 54.3 Å². The molecule has 0 amide bonds. The number of methoxy groups -OCH3 is 1. The third-order valence-corrected chi connectivity index (χ3v) is 8.68. The molecule has 33 heavy (non-hydrogen) atoms. The van der Waals surface area contributed by atoms with E-state index in [1.54, 1.807) is 13.3 Å². The number of hydrogen-bond acceptors (Lipinski definition) is 7. The molecule has 3 aliphatic rings. The molecule has 3 heterocycles. The average Bonchev–Trinajstić information content (AvgIpc) is 3.47. The maximum atomic E-state index is 13.5. The van der Waals surface area contributed by atoms with Crippen molar-refractivity contribution in [3.63, 3.8) is 0 Å². The molecule has 1 N–H and O–H groups in total. The lowest BCUT2D eigenvalue weighted by Crippen LogP contribution is -2.48. The van der Waals surface area contributed by atoms with Crippen LogP contribution in [-0.2, 0) is 10.0 Å². The van der Waals surface area contributed by atoms with Crippen molar-refractivity contribution >= 4 is 27.1 Å². The number of aliphatic imine (C=N–C) groups is 2. The lowest BCUT2D eigenvalue weighted by atomic mass is 9.81. The maximum absolute atomic E-state index is 13.5. The van der Waals surface area contributed by atoms with Crippen LogP contribution < -0.4 is 9.64 Å². The fourth-order valence-corrected chi connectivity index (χ4v) is 6.91. The largest absolute Gasteiger partial charge is 0.497 e. The first-order valence-corrected chi connectivity index (χ1v) is 12.5. The van der Waals surface area contributed by atoms with Crippen LogP contribution in [0.1, 0.15) is 24.9 Å². The number of nitrogens with zero attached hydrogens (tertiary/aromatic N) is 4. The van der Waals surface area contributed by atoms with Crippen molar-refractivity contribution in [2.75, 3.05) is 32.2 Å². The molecule has 1 fully saturated rings. The summed E-state index contributed by atoms with van der Waals surface area (Å²) in [6, 6.07) is 13.1. The normalized spacial score (nSPS) is 26.8. The van der Waals surface area contributed by atoms with Gasteiger partial charge in [-0.25, -0.2) is 18.4 Å². The number of rotatable bonds is 4. The van der Waals surface area contributed by atoms with Gasteiger partial charge in [0.2, 0.25) is 0 Å². The Hall–Kier alpha value is -2.75. The topological polar surface area (TPSA) is 94.8 Å². The number of likely N-dealkylation sites (N-methyl/N-ethyl adjacent to an activating group) is 1. The number of ether oxygens (including phenoxy) is 1. The summed E-state index contributed by atoms with van der Waals surface area (Å²) < 4.78 is 33.9. The Balaban J connectivity index is 1.61. The third-order valence-electron chi connectivity index (χ3n) is 6.98. The fraction of sp³-hybridized carbons (Fsp3) is 0.417. The molecule has 2 aromatic carbocycles. The number of sulfonamides is 1. The number of aliphatic hydroxyl groups is 1. The first kappa shape index (κ1) is 22.1. The van der Waals surface area contributed by atoms with E-state index in [-0.39, 0.29) is 35.8 Å². The highest BCUT2D eigenvalue weighted by molar-refractivity contribution is 8.04. The summed E-state index contributed by atoms with van der Waals surface area (Å²) in [6.07, 6.45) is 2.22. The molecule has 0 bridgehead atoms. The van der Waals surface area contributed by atoms with E-state index in [1.807, 2.05) is 50.4 Å². The van der Waals surface area contributed by atoms with Crippen molar-refractivity contribution in [2.24, 2.45) is 15.9 Å². The average molecular weight is 469 g/mol. The second-order valence-corrected chi connectivity index (χ2v) is 10.6. The predicted octanol–water partition coefficient (Wildman–Crippen LogP) is 2.69. The minimum Gasteiger partial charge on any atom is -0.497 e. The van der Waals surface area contributed by atoms with E-state index >= 15 is 0 Å². The highest BCUT2D eigenvalue weighted by Crippen LogP contribution is 2.50. The van der Waals surface area contributed by atoms with E-state index in [2.05, 4.69) is 21.0 Å². The monoisotopic (exact) mass is 468 g/mol. The SMILES string of the molecule is COc1ccc(-c2ccc3c(c2)[C@@H]2[C@@H](CCN2S(=O)(=O)C2=NC(C)C=N2)[C@H](CO)N3C)cc1. The highest BCUT2D eigenvalue weighted by Gasteiger charge is 2.51. The molecule has 1 unspecified atom stereocenters. The summed E-state index contributed by atoms with van der Waals surface area (Å²) in [6.45, 7) is 2.14. The highest BCUT2D eigenvalue weighted by atomic mass is 32.2. The Morgan fingerprint density at radius 1 is 1.15 bits per heavy atom. The van der Waals surface area contributed by atoms with Crippen LogP contribution >= 0.6 is 0 Å². The zero-order valence-corrected chi connectivity index (χ0v) is 19.7. The zero-order chi connectivity index (χ0) is 23.3. The van der Waals surface area contributed by atoms with Gasteiger partial charge in [0.1, 0.15) is 5.75 Å². The molecule has 174 valence electrons. The Morgan fingerprint density at radius 3 is 2.52 bits per heavy atom. The smallest absolute Gasteiger partial charge is 0.278 e. The van der Waals surface area contributed by atoms with Gasteiger partial charge >= 0.3 is 0 Å². The molecular weight excluding hydrogens is 440 g/mol. The zero-order valence-electron chi connectivity index (χ0n) is 18.9. The summed E-state index contributed by atoms with van der Waals surface area (Å²) in [5.41, 5.74) is 3.89. The first-order valence-electron chi connectivity index (χ1n) is 11.1. The lowest BCUT2D eigenvalue weighted by Gasteiger charge is -2.44. The van der Waals surface area contributed by atoms with Gasteiger partial charge < -0.3 is 14.7 Å². The minimum absolute atomic E-state index is 0.0307. The summed E-state index contributed by atoms with van der Waals surface area (Å²) >= 11 is 0. The molecular formula is C24H28N4O4S. The van der Waals surface area contributed by atoms with E-state index in [0.717, 1.165) is 28.1 Å². The van der Waals surface area contributed by atoms with E-state index in [0.29, 0.717) is 13.0 Å². The number of amidine groups is 1. The van der Waals surface area contributed by atoms with E-state index in [9.17, 15) is 13.5 Å². The molecule has 2 aromatic rings. The van der Waals surface area contributed by atoms with E-state index in [1.165, 1.54) is 4.31 Å². The van der Waals surface area contributed by atoms with Crippen molar-refractivity contribution < 1.29 is 18.3 Å². The maximum Gasteiger partial charge on any atom is 0.278 e. The Bertz CT molecular complexity index is 1230. The van der Waals surface area contributed by atoms with Gasteiger partial charge in [-0.15, -0.1) is 0 Å². The van der Waals surface area contributed by atoms with Crippen LogP contribution in [0.2, 0.25) is 0 Å². The molecule has 0 spiro atoms. The quantitative estimate of drug-likeness (QED) is 0.745. The van der Waals surface area contributed by atoms with Gasteiger partial charge in [0, 0.05) is 31.4 Å². The van der Waals surface area contributed by atoms with Gasteiger partial charge in [-0.2, -0.15) is 4.31 Å². The van der Waals surface area contributed by atoms with Crippen LogP contribution in [0, 0.1) is 5.92 Å². The molecule has 3 aliphatic heterocycles. The molecule has 0 aromatic heterocycles. The number of anilines is 1. The van der Waals surface area contributed by atoms with Gasteiger partial charge in [-0.1, -0.05) is 18.2 Å². The fourth-order valence-electron chi connectivity index (χ4n) is 5.30. The molecule has 8 nitrogen and oxygen atoms in total. The molecule has 5 rings (SSSR count). The number of aliphatic hydroxyl groups excluding tert-OH is 1. The summed E-state index contributed by atoms with van der Waals surface area (Å²) in [5.74, 6) is 0.749. The van der Waals surface area contributed by atoms with Crippen molar-refractivity contribution in [3.8, 4) is 16.9 Å². The van der Waals surface area contributed by atoms with Crippen LogP contribution in [-0.4, -0.2) is 68.6 Å². The van der Waals surface area contributed by atoms with Crippen molar-refractivity contribution in [1.82, 2.24) is 4.31 Å². The molecule has 0 aliphatic carbocycles. The number of hydrogen-bond donors (Lipinski definition) is 1. The van der Waals surface area contributed by atoms with Crippen LogP contribution in [0.5, 0.6) is 5.75 Å². The van der Waals surface area contributed by atoms with Crippen LogP contribution in [0.4, 0.5) is 5.69 Å². The predicted molar refractivity (Wildman–Crippen MR) is 130 cm³/mol. The summed E-state index contributed by atoms with van der Waals surface area (Å²) in [5, 5.41) is 10.1. The van der Waals surface area contributed by atoms with E-state index < -0.39 is 10.0 Å². The molecule has 0 saturated carbocycles. The van der Waals surface area contributed by atoms with Gasteiger partial charge in [-0.3, -0.25) is 0 Å². The lowest BCUT2D eigenvalue weighted by molar-refractivity contribution is 0.193. The Kier molecular flexibility index (Phi) is 5.50. The molecule has 0 radical (unpaired) electrons. The molecule has 9 heteroatoms. The van der Waals surface area contributed by atoms with Crippen LogP contribution in [0.25, 0.3) is 11.1 Å². The van der Waals surface area contributed by atoms with E-state index in [4.69, 9.17) is 4.74 Å². The minimum atomic E-state index is -3.85. The van der Waals surface area contributed by atoms with Crippen molar-refractivity contribution in [1.29, 1.82) is 0 Å². The van der Waals surface area contributed by atoms with Crippen molar-refractivity contribution in [3.05, 3.63) is 48.0 Å². The van der Waals surface area contributed by atoms with Gasteiger partial charge in [0.05, 0.1) is 31.8 Å². The van der Waals surface area contributed by atoms with Gasteiger partial charge in [0.25, 0.3) is 15.2 Å². The van der Waals surface area contributed by atoms with Crippen LogP contribution in [0.3, 0.4) is 0 Å². The first-order chi connectivity index (χ1) is 15.8. The number of fused-ring (bicyclic) bond motifs is 3. The second-order valence-electron chi connectivity index (χ2n) is 8.81.